The second-order valence-corrected chi connectivity index (χ2v) is 6.84. The van der Waals surface area contributed by atoms with Crippen molar-refractivity contribution < 1.29 is 19.0 Å². The molecule has 1 aliphatic heterocycles. The topological polar surface area (TPSA) is 57.1 Å². The fourth-order valence-corrected chi connectivity index (χ4v) is 3.25. The minimum atomic E-state index is -0.654. The van der Waals surface area contributed by atoms with Crippen molar-refractivity contribution in [2.24, 2.45) is 10.9 Å². The predicted molar refractivity (Wildman–Crippen MR) is 102 cm³/mol. The van der Waals surface area contributed by atoms with Gasteiger partial charge >= 0.3 is 0 Å². The van der Waals surface area contributed by atoms with Gasteiger partial charge in [-0.25, -0.2) is 4.79 Å². The van der Waals surface area contributed by atoms with Gasteiger partial charge in [-0.3, -0.25) is 0 Å². The fraction of sp³-hybridized carbons (Fsp3) is 0.409. The minimum Gasteiger partial charge on any atom is -0.371 e. The highest BCUT2D eigenvalue weighted by Crippen LogP contribution is 2.31. The van der Waals surface area contributed by atoms with E-state index in [2.05, 4.69) is 4.99 Å². The van der Waals surface area contributed by atoms with E-state index in [0.717, 1.165) is 11.1 Å². The van der Waals surface area contributed by atoms with Crippen LogP contribution in [0.25, 0.3) is 0 Å². The van der Waals surface area contributed by atoms with Gasteiger partial charge in [0.1, 0.15) is 6.04 Å². The van der Waals surface area contributed by atoms with Crippen molar-refractivity contribution in [2.45, 2.75) is 51.6 Å². The van der Waals surface area contributed by atoms with Gasteiger partial charge < -0.3 is 14.2 Å². The normalized spacial score (nSPS) is 27.7. The van der Waals surface area contributed by atoms with Crippen LogP contribution in [0.2, 0.25) is 0 Å². The van der Waals surface area contributed by atoms with Gasteiger partial charge in [0, 0.05) is 5.92 Å². The molecule has 0 aromatic heterocycles. The van der Waals surface area contributed by atoms with Crippen molar-refractivity contribution >= 4 is 6.08 Å². The monoisotopic (exact) mass is 367 g/mol. The van der Waals surface area contributed by atoms with E-state index in [9.17, 15) is 4.79 Å². The standard InChI is InChI=1S/C22H25NO4/c1-16-17(2)27-22(26-14-19-11-7-4-8-12-19)20(23-15-24)21(16)25-13-18-9-5-3-6-10-18/h3-12,16-17,20-22H,13-14H2,1-2H3/t16-,17-,20-,21+,22?/m1/s1. The van der Waals surface area contributed by atoms with Gasteiger partial charge in [0.05, 0.1) is 25.4 Å². The van der Waals surface area contributed by atoms with Crippen molar-refractivity contribution in [3.05, 3.63) is 71.8 Å². The number of nitrogens with zero attached hydrogens (tertiary/aromatic N) is 1. The number of benzene rings is 2. The maximum Gasteiger partial charge on any atom is 0.235 e. The summed E-state index contributed by atoms with van der Waals surface area (Å²) in [5, 5.41) is 0. The van der Waals surface area contributed by atoms with Crippen LogP contribution in [0.15, 0.2) is 65.7 Å². The molecule has 27 heavy (non-hydrogen) atoms. The minimum absolute atomic E-state index is 0.0624. The maximum atomic E-state index is 11.0. The Morgan fingerprint density at radius 3 is 2.04 bits per heavy atom. The zero-order chi connectivity index (χ0) is 19.1. The SMILES string of the molecule is C[C@H]1[C@H](OCc2ccccc2)[C@@H](N=C=O)C(OCc2ccccc2)O[C@@H]1C. The molecule has 1 fully saturated rings. The van der Waals surface area contributed by atoms with E-state index in [0.29, 0.717) is 13.2 Å². The third kappa shape index (κ3) is 5.12. The van der Waals surface area contributed by atoms with E-state index in [1.54, 1.807) is 6.08 Å². The molecule has 0 aliphatic carbocycles. The molecule has 5 atom stereocenters. The van der Waals surface area contributed by atoms with Crippen LogP contribution < -0.4 is 0 Å². The van der Waals surface area contributed by atoms with Crippen LogP contribution in [0.5, 0.6) is 0 Å². The van der Waals surface area contributed by atoms with Crippen molar-refractivity contribution in [3.8, 4) is 0 Å². The molecule has 1 saturated heterocycles. The number of rotatable bonds is 7. The van der Waals surface area contributed by atoms with E-state index in [-0.39, 0.29) is 18.1 Å². The molecule has 0 N–H and O–H groups in total. The van der Waals surface area contributed by atoms with Crippen molar-refractivity contribution in [3.63, 3.8) is 0 Å². The van der Waals surface area contributed by atoms with Crippen LogP contribution in [-0.4, -0.2) is 30.6 Å². The van der Waals surface area contributed by atoms with Crippen LogP contribution in [0, 0.1) is 5.92 Å². The summed E-state index contributed by atoms with van der Waals surface area (Å²) < 4.78 is 18.1. The average molecular weight is 367 g/mol. The third-order valence-corrected chi connectivity index (χ3v) is 4.97. The summed E-state index contributed by atoms with van der Waals surface area (Å²) in [6.07, 6.45) is 0.636. The Kier molecular flexibility index (Phi) is 6.91. The fourth-order valence-electron chi connectivity index (χ4n) is 3.25. The summed E-state index contributed by atoms with van der Waals surface area (Å²) in [6.45, 7) is 4.85. The number of carbonyl (C=O) groups excluding carboxylic acids is 1. The summed E-state index contributed by atoms with van der Waals surface area (Å²) in [6, 6.07) is 19.2. The molecule has 2 aromatic carbocycles. The second kappa shape index (κ2) is 9.58. The van der Waals surface area contributed by atoms with Crippen molar-refractivity contribution in [2.75, 3.05) is 0 Å². The smallest absolute Gasteiger partial charge is 0.235 e. The molecule has 0 spiro atoms. The lowest BCUT2D eigenvalue weighted by atomic mass is 9.90. The molecular weight excluding hydrogens is 342 g/mol. The largest absolute Gasteiger partial charge is 0.371 e. The van der Waals surface area contributed by atoms with Gasteiger partial charge in [-0.05, 0) is 18.1 Å². The predicted octanol–water partition coefficient (Wildman–Crippen LogP) is 3.87. The average Bonchev–Trinajstić information content (AvgIpc) is 2.71. The molecule has 2 aromatic rings. The first-order chi connectivity index (χ1) is 13.2. The quantitative estimate of drug-likeness (QED) is 0.551. The molecular formula is C22H25NO4. The van der Waals surface area contributed by atoms with E-state index >= 15 is 0 Å². The van der Waals surface area contributed by atoms with E-state index in [1.807, 2.05) is 74.5 Å². The molecule has 1 unspecified atom stereocenters. The van der Waals surface area contributed by atoms with Crippen molar-refractivity contribution in [1.29, 1.82) is 0 Å². The first-order valence-electron chi connectivity index (χ1n) is 9.22. The third-order valence-electron chi connectivity index (χ3n) is 4.97. The van der Waals surface area contributed by atoms with Crippen LogP contribution in [0.4, 0.5) is 0 Å². The lowest BCUT2D eigenvalue weighted by Crippen LogP contribution is -2.53. The summed E-state index contributed by atoms with van der Waals surface area (Å²) in [5.74, 6) is 0.0624. The van der Waals surface area contributed by atoms with Gasteiger partial charge in [0.2, 0.25) is 6.08 Å². The molecule has 5 nitrogen and oxygen atoms in total. The van der Waals surface area contributed by atoms with Crippen molar-refractivity contribution in [1.82, 2.24) is 0 Å². The number of isocyanates is 1. The van der Waals surface area contributed by atoms with Crippen LogP contribution in [-0.2, 0) is 32.2 Å². The number of ether oxygens (including phenoxy) is 3. The molecule has 0 radical (unpaired) electrons. The van der Waals surface area contributed by atoms with Gasteiger partial charge in [0.25, 0.3) is 0 Å². The molecule has 5 heteroatoms. The molecule has 0 amide bonds. The summed E-state index contributed by atoms with van der Waals surface area (Å²) in [5.41, 5.74) is 2.10. The summed E-state index contributed by atoms with van der Waals surface area (Å²) in [7, 11) is 0. The van der Waals surface area contributed by atoms with Crippen LogP contribution in [0.1, 0.15) is 25.0 Å². The van der Waals surface area contributed by atoms with Gasteiger partial charge in [-0.1, -0.05) is 67.6 Å². The number of hydrogen-bond acceptors (Lipinski definition) is 5. The zero-order valence-electron chi connectivity index (χ0n) is 15.7. The van der Waals surface area contributed by atoms with E-state index < -0.39 is 12.3 Å². The molecule has 1 heterocycles. The Hall–Kier alpha value is -2.30. The van der Waals surface area contributed by atoms with Gasteiger partial charge in [-0.15, -0.1) is 0 Å². The van der Waals surface area contributed by atoms with Gasteiger partial charge in [-0.2, -0.15) is 4.99 Å². The first-order valence-corrected chi connectivity index (χ1v) is 9.22. The Bertz CT molecular complexity index is 745. The molecule has 3 rings (SSSR count). The Labute approximate surface area is 160 Å². The molecule has 1 aliphatic rings. The molecule has 142 valence electrons. The van der Waals surface area contributed by atoms with E-state index in [1.165, 1.54) is 0 Å². The zero-order valence-corrected chi connectivity index (χ0v) is 15.7. The molecule has 0 bridgehead atoms. The highest BCUT2D eigenvalue weighted by molar-refractivity contribution is 5.34. The summed E-state index contributed by atoms with van der Waals surface area (Å²) in [4.78, 5) is 15.0. The highest BCUT2D eigenvalue weighted by atomic mass is 16.7. The molecule has 0 saturated carbocycles. The number of hydrogen-bond donors (Lipinski definition) is 0. The Morgan fingerprint density at radius 1 is 0.926 bits per heavy atom. The highest BCUT2D eigenvalue weighted by Gasteiger charge is 2.44. The lowest BCUT2D eigenvalue weighted by molar-refractivity contribution is -0.251. The Balaban J connectivity index is 1.71. The Morgan fingerprint density at radius 2 is 1.48 bits per heavy atom. The van der Waals surface area contributed by atoms with Gasteiger partial charge in [0.15, 0.2) is 6.29 Å². The summed E-state index contributed by atoms with van der Waals surface area (Å²) >= 11 is 0. The van der Waals surface area contributed by atoms with Crippen LogP contribution >= 0.6 is 0 Å². The second-order valence-electron chi connectivity index (χ2n) is 6.84. The first kappa shape index (κ1) is 19.5. The number of aliphatic imine (C=N–C) groups is 1. The lowest BCUT2D eigenvalue weighted by Gasteiger charge is -2.42. The van der Waals surface area contributed by atoms with E-state index in [4.69, 9.17) is 14.2 Å². The maximum absolute atomic E-state index is 11.0. The van der Waals surface area contributed by atoms with Crippen LogP contribution in [0.3, 0.4) is 0 Å².